The van der Waals surface area contributed by atoms with Crippen LogP contribution in [0.3, 0.4) is 0 Å². The van der Waals surface area contributed by atoms with Gasteiger partial charge in [-0.2, -0.15) is 0 Å². The number of phenols is 1. The topological polar surface area (TPSA) is 50.4 Å². The Hall–Kier alpha value is -2.73. The molecule has 3 heteroatoms. The molecule has 0 aliphatic heterocycles. The lowest BCUT2D eigenvalue weighted by Crippen LogP contribution is -2.22. The lowest BCUT2D eigenvalue weighted by atomic mass is 9.71. The van der Waals surface area contributed by atoms with Gasteiger partial charge in [-0.3, -0.25) is 0 Å². The first-order valence-corrected chi connectivity index (χ1v) is 7.77. The van der Waals surface area contributed by atoms with E-state index in [0.29, 0.717) is 11.0 Å². The van der Waals surface area contributed by atoms with E-state index in [1.54, 1.807) is 18.2 Å². The molecule has 0 radical (unpaired) electrons. The van der Waals surface area contributed by atoms with Crippen LogP contribution in [0.1, 0.15) is 31.7 Å². The maximum absolute atomic E-state index is 12.2. The highest BCUT2D eigenvalue weighted by Crippen LogP contribution is 2.39. The van der Waals surface area contributed by atoms with Crippen molar-refractivity contribution in [1.29, 1.82) is 0 Å². The summed E-state index contributed by atoms with van der Waals surface area (Å²) in [7, 11) is 0. The zero-order valence-electron chi connectivity index (χ0n) is 12.8. The molecule has 1 aliphatic rings. The van der Waals surface area contributed by atoms with Gasteiger partial charge in [0.25, 0.3) is 0 Å². The number of aromatic hydroxyl groups is 1. The van der Waals surface area contributed by atoms with E-state index in [9.17, 15) is 9.90 Å². The monoisotopic (exact) mass is 304 g/mol. The normalized spacial score (nSPS) is 15.9. The van der Waals surface area contributed by atoms with E-state index in [0.717, 1.165) is 29.2 Å². The minimum Gasteiger partial charge on any atom is -0.508 e. The summed E-state index contributed by atoms with van der Waals surface area (Å²) < 4.78 is 5.32. The van der Waals surface area contributed by atoms with E-state index in [2.05, 4.69) is 18.8 Å². The Bertz CT molecular complexity index is 1040. The average Bonchev–Trinajstić information content (AvgIpc) is 2.51. The molecule has 0 amide bonds. The second kappa shape index (κ2) is 4.89. The van der Waals surface area contributed by atoms with Crippen molar-refractivity contribution in [1.82, 2.24) is 0 Å². The number of benzene rings is 2. The third kappa shape index (κ3) is 2.37. The van der Waals surface area contributed by atoms with Crippen molar-refractivity contribution in [3.8, 4) is 17.6 Å². The molecule has 3 aromatic rings. The van der Waals surface area contributed by atoms with Crippen molar-refractivity contribution in [2.75, 3.05) is 0 Å². The lowest BCUT2D eigenvalue weighted by molar-refractivity contribution is 0.248. The molecule has 23 heavy (non-hydrogen) atoms. The van der Waals surface area contributed by atoms with E-state index in [-0.39, 0.29) is 11.2 Å². The smallest absolute Gasteiger partial charge is 0.344 e. The fourth-order valence-electron chi connectivity index (χ4n) is 3.05. The number of rotatable bonds is 0. The molecule has 4 rings (SSSR count). The van der Waals surface area contributed by atoms with Gasteiger partial charge in [0.15, 0.2) is 0 Å². The summed E-state index contributed by atoms with van der Waals surface area (Å²) in [5.74, 6) is 6.60. The van der Waals surface area contributed by atoms with Crippen molar-refractivity contribution < 1.29 is 9.52 Å². The molecule has 0 unspecified atom stereocenters. The second-order valence-corrected chi connectivity index (χ2v) is 6.49. The zero-order valence-corrected chi connectivity index (χ0v) is 12.8. The Morgan fingerprint density at radius 2 is 1.87 bits per heavy atom. The van der Waals surface area contributed by atoms with Crippen molar-refractivity contribution in [2.24, 2.45) is 5.41 Å². The van der Waals surface area contributed by atoms with Crippen LogP contribution in [0, 0.1) is 17.3 Å². The second-order valence-electron chi connectivity index (χ2n) is 6.49. The minimum absolute atomic E-state index is 0.0798. The predicted molar refractivity (Wildman–Crippen MR) is 90.5 cm³/mol. The highest BCUT2D eigenvalue weighted by atomic mass is 16.4. The van der Waals surface area contributed by atoms with Crippen LogP contribution in [-0.2, 0) is 0 Å². The van der Waals surface area contributed by atoms with Gasteiger partial charge in [-0.25, -0.2) is 4.79 Å². The van der Waals surface area contributed by atoms with Crippen LogP contribution in [0.2, 0.25) is 0 Å². The van der Waals surface area contributed by atoms with Gasteiger partial charge in [-0.15, -0.1) is 0 Å². The van der Waals surface area contributed by atoms with Crippen LogP contribution >= 0.6 is 0 Å². The molecule has 0 saturated heterocycles. The van der Waals surface area contributed by atoms with Gasteiger partial charge >= 0.3 is 5.63 Å². The molecule has 1 N–H and O–H groups in total. The lowest BCUT2D eigenvalue weighted by Gasteiger charge is -2.32. The van der Waals surface area contributed by atoms with E-state index in [1.807, 2.05) is 12.1 Å². The van der Waals surface area contributed by atoms with Gasteiger partial charge in [0.05, 0.1) is 5.39 Å². The molecule has 1 fully saturated rings. The summed E-state index contributed by atoms with van der Waals surface area (Å²) in [5.41, 5.74) is 0.941. The summed E-state index contributed by atoms with van der Waals surface area (Å²) in [6.07, 6.45) is 3.53. The Labute approximate surface area is 133 Å². The quantitative estimate of drug-likeness (QED) is 0.385. The first-order chi connectivity index (χ1) is 11.0. The Kier molecular flexibility index (Phi) is 2.96. The van der Waals surface area contributed by atoms with Crippen LogP contribution in [0.4, 0.5) is 0 Å². The molecule has 3 nitrogen and oxygen atoms in total. The van der Waals surface area contributed by atoms with Crippen molar-refractivity contribution in [3.63, 3.8) is 0 Å². The molecular formula is C20H16O3. The molecule has 0 atom stereocenters. The Morgan fingerprint density at radius 3 is 2.61 bits per heavy atom. The predicted octanol–water partition coefficient (Wildman–Crippen LogP) is 4.19. The van der Waals surface area contributed by atoms with Crippen LogP contribution in [0.25, 0.3) is 21.7 Å². The van der Waals surface area contributed by atoms with Gasteiger partial charge < -0.3 is 9.52 Å². The van der Waals surface area contributed by atoms with Crippen LogP contribution in [-0.4, -0.2) is 5.11 Å². The van der Waals surface area contributed by atoms with Gasteiger partial charge in [0.1, 0.15) is 11.3 Å². The van der Waals surface area contributed by atoms with Gasteiger partial charge in [-0.1, -0.05) is 24.3 Å². The number of hydrogen-bond acceptors (Lipinski definition) is 3. The highest BCUT2D eigenvalue weighted by Gasteiger charge is 2.29. The van der Waals surface area contributed by atoms with Crippen LogP contribution in [0.15, 0.2) is 45.6 Å². The molecule has 0 bridgehead atoms. The SMILES string of the molecule is CC1(C#Cc2ccc3c(c2)c(=O)oc2cc(O)ccc23)CCC1. The molecule has 2 aromatic carbocycles. The summed E-state index contributed by atoms with van der Waals surface area (Å²) in [6, 6.07) is 10.4. The van der Waals surface area contributed by atoms with Crippen molar-refractivity contribution in [2.45, 2.75) is 26.2 Å². The molecule has 0 spiro atoms. The third-order valence-corrected chi connectivity index (χ3v) is 4.66. The molecule has 1 aromatic heterocycles. The molecular weight excluding hydrogens is 288 g/mol. The third-order valence-electron chi connectivity index (χ3n) is 4.66. The number of fused-ring (bicyclic) bond motifs is 3. The van der Waals surface area contributed by atoms with E-state index in [4.69, 9.17) is 4.42 Å². The fraction of sp³-hybridized carbons (Fsp3) is 0.250. The van der Waals surface area contributed by atoms with E-state index >= 15 is 0 Å². The van der Waals surface area contributed by atoms with Gasteiger partial charge in [0.2, 0.25) is 0 Å². The summed E-state index contributed by atoms with van der Waals surface area (Å²) >= 11 is 0. The largest absolute Gasteiger partial charge is 0.508 e. The number of hydrogen-bond donors (Lipinski definition) is 1. The van der Waals surface area contributed by atoms with Gasteiger partial charge in [0, 0.05) is 27.8 Å². The molecule has 1 saturated carbocycles. The summed E-state index contributed by atoms with van der Waals surface area (Å²) in [4.78, 5) is 12.2. The maximum Gasteiger partial charge on any atom is 0.344 e. The minimum atomic E-state index is -0.406. The summed E-state index contributed by atoms with van der Waals surface area (Å²) in [5, 5.41) is 11.7. The molecule has 1 heterocycles. The van der Waals surface area contributed by atoms with Crippen molar-refractivity contribution >= 4 is 21.7 Å². The van der Waals surface area contributed by atoms with Crippen LogP contribution < -0.4 is 5.63 Å². The summed E-state index contributed by atoms with van der Waals surface area (Å²) in [6.45, 7) is 2.18. The highest BCUT2D eigenvalue weighted by molar-refractivity contribution is 6.04. The first kappa shape index (κ1) is 13.9. The van der Waals surface area contributed by atoms with E-state index in [1.165, 1.54) is 12.5 Å². The number of phenolic OH excluding ortho intramolecular Hbond substituents is 1. The Morgan fingerprint density at radius 1 is 1.09 bits per heavy atom. The van der Waals surface area contributed by atoms with Crippen LogP contribution in [0.5, 0.6) is 5.75 Å². The first-order valence-electron chi connectivity index (χ1n) is 7.77. The average molecular weight is 304 g/mol. The fourth-order valence-corrected chi connectivity index (χ4v) is 3.05. The zero-order chi connectivity index (χ0) is 16.0. The van der Waals surface area contributed by atoms with Crippen molar-refractivity contribution in [3.05, 3.63) is 52.4 Å². The maximum atomic E-state index is 12.2. The van der Waals surface area contributed by atoms with Gasteiger partial charge in [-0.05, 0) is 44.0 Å². The molecule has 1 aliphatic carbocycles. The Balaban J connectivity index is 1.89. The standard InChI is InChI=1S/C20H16O3/c1-20(8-2-9-20)10-7-13-3-5-15-16-6-4-14(21)12-18(16)23-19(22)17(15)11-13/h3-6,11-12,21H,2,8-9H2,1H3. The van der Waals surface area contributed by atoms with E-state index < -0.39 is 5.63 Å². The molecule has 114 valence electrons.